The summed E-state index contributed by atoms with van der Waals surface area (Å²) in [4.78, 5) is 0. The van der Waals surface area contributed by atoms with Gasteiger partial charge in [-0.25, -0.2) is 0 Å². The summed E-state index contributed by atoms with van der Waals surface area (Å²) in [5.74, 6) is 6.74. The second-order valence-corrected chi connectivity index (χ2v) is 4.78. The van der Waals surface area contributed by atoms with Gasteiger partial charge in [0.15, 0.2) is 0 Å². The first-order chi connectivity index (χ1) is 9.69. The molecule has 0 unspecified atom stereocenters. The molecule has 2 N–H and O–H groups in total. The van der Waals surface area contributed by atoms with E-state index < -0.39 is 0 Å². The molecule has 0 aromatic heterocycles. The molecule has 2 nitrogen and oxygen atoms in total. The van der Waals surface area contributed by atoms with E-state index in [1.165, 1.54) is 5.56 Å². The first-order valence-electron chi connectivity index (χ1n) is 6.67. The summed E-state index contributed by atoms with van der Waals surface area (Å²) in [7, 11) is 0. The van der Waals surface area contributed by atoms with Crippen molar-refractivity contribution in [3.8, 4) is 17.6 Å². The van der Waals surface area contributed by atoms with Crippen LogP contribution in [-0.2, 0) is 6.61 Å². The van der Waals surface area contributed by atoms with Gasteiger partial charge < -0.3 is 10.5 Å². The third-order valence-electron chi connectivity index (χ3n) is 2.94. The SMILES string of the molecule is Cc1cccc(COc2ccc(C)cc2C#CCN)c1. The molecule has 0 aliphatic carbocycles. The highest BCUT2D eigenvalue weighted by atomic mass is 16.5. The Bertz CT molecular complexity index is 650. The first-order valence-corrected chi connectivity index (χ1v) is 6.67. The van der Waals surface area contributed by atoms with Gasteiger partial charge in [-0.05, 0) is 37.1 Å². The van der Waals surface area contributed by atoms with E-state index in [9.17, 15) is 0 Å². The highest BCUT2D eigenvalue weighted by Crippen LogP contribution is 2.20. The van der Waals surface area contributed by atoms with E-state index in [4.69, 9.17) is 10.5 Å². The molecule has 0 bridgehead atoms. The lowest BCUT2D eigenvalue weighted by Crippen LogP contribution is -1.98. The molecule has 0 amide bonds. The van der Waals surface area contributed by atoms with Gasteiger partial charge in [0.1, 0.15) is 12.4 Å². The summed E-state index contributed by atoms with van der Waals surface area (Å²) in [6.07, 6.45) is 0. The van der Waals surface area contributed by atoms with E-state index in [0.717, 1.165) is 22.4 Å². The van der Waals surface area contributed by atoms with Gasteiger partial charge in [0.05, 0.1) is 12.1 Å². The van der Waals surface area contributed by atoms with E-state index in [1.54, 1.807) is 0 Å². The van der Waals surface area contributed by atoms with Crippen molar-refractivity contribution in [2.75, 3.05) is 6.54 Å². The summed E-state index contributed by atoms with van der Waals surface area (Å²) in [5.41, 5.74) is 9.88. The average molecular weight is 265 g/mol. The highest BCUT2D eigenvalue weighted by molar-refractivity contribution is 5.48. The number of aryl methyl sites for hydroxylation is 2. The van der Waals surface area contributed by atoms with E-state index in [2.05, 4.69) is 37.0 Å². The number of benzene rings is 2. The summed E-state index contributed by atoms with van der Waals surface area (Å²) < 4.78 is 5.89. The molecule has 0 fully saturated rings. The normalized spacial score (nSPS) is 9.75. The molecule has 0 saturated carbocycles. The van der Waals surface area contributed by atoms with Gasteiger partial charge in [0.25, 0.3) is 0 Å². The van der Waals surface area contributed by atoms with Crippen LogP contribution >= 0.6 is 0 Å². The standard InChI is InChI=1S/C18H19NO/c1-14-5-3-6-16(11-14)13-20-18-9-8-15(2)12-17(18)7-4-10-19/h3,5-6,8-9,11-12H,10,13,19H2,1-2H3. The summed E-state index contributed by atoms with van der Waals surface area (Å²) in [6, 6.07) is 14.3. The van der Waals surface area contributed by atoms with Crippen LogP contribution in [0, 0.1) is 25.7 Å². The van der Waals surface area contributed by atoms with Crippen LogP contribution in [-0.4, -0.2) is 6.54 Å². The van der Waals surface area contributed by atoms with Crippen LogP contribution in [0.2, 0.25) is 0 Å². The Balaban J connectivity index is 2.16. The van der Waals surface area contributed by atoms with E-state index >= 15 is 0 Å². The fourth-order valence-corrected chi connectivity index (χ4v) is 1.98. The predicted molar refractivity (Wildman–Crippen MR) is 82.6 cm³/mol. The lowest BCUT2D eigenvalue weighted by molar-refractivity contribution is 0.305. The van der Waals surface area contributed by atoms with Crippen molar-refractivity contribution in [3.63, 3.8) is 0 Å². The molecule has 0 heterocycles. The Morgan fingerprint density at radius 1 is 1.05 bits per heavy atom. The minimum atomic E-state index is 0.352. The highest BCUT2D eigenvalue weighted by Gasteiger charge is 2.02. The zero-order chi connectivity index (χ0) is 14.4. The Kier molecular flexibility index (Phi) is 4.81. The third kappa shape index (κ3) is 3.88. The van der Waals surface area contributed by atoms with Gasteiger partial charge in [-0.2, -0.15) is 0 Å². The molecule has 2 aromatic rings. The first kappa shape index (κ1) is 14.2. The topological polar surface area (TPSA) is 35.2 Å². The van der Waals surface area contributed by atoms with E-state index in [0.29, 0.717) is 13.2 Å². The maximum absolute atomic E-state index is 5.89. The summed E-state index contributed by atoms with van der Waals surface area (Å²) >= 11 is 0. The fraction of sp³-hybridized carbons (Fsp3) is 0.222. The molecule has 102 valence electrons. The number of rotatable bonds is 3. The molecular weight excluding hydrogens is 246 g/mol. The van der Waals surface area contributed by atoms with E-state index in [-0.39, 0.29) is 0 Å². The molecule has 2 aromatic carbocycles. The molecule has 0 aliphatic heterocycles. The van der Waals surface area contributed by atoms with Gasteiger partial charge in [0.2, 0.25) is 0 Å². The molecule has 0 atom stereocenters. The van der Waals surface area contributed by atoms with Gasteiger partial charge in [0, 0.05) is 0 Å². The van der Waals surface area contributed by atoms with Crippen LogP contribution in [0.5, 0.6) is 5.75 Å². The maximum atomic E-state index is 5.89. The van der Waals surface area contributed by atoms with Gasteiger partial charge >= 0.3 is 0 Å². The van der Waals surface area contributed by atoms with Crippen LogP contribution in [0.3, 0.4) is 0 Å². The molecule has 0 aliphatic rings. The van der Waals surface area contributed by atoms with Gasteiger partial charge in [-0.15, -0.1) is 0 Å². The molecule has 0 spiro atoms. The Hall–Kier alpha value is -2.24. The minimum absolute atomic E-state index is 0.352. The van der Waals surface area contributed by atoms with Crippen molar-refractivity contribution in [2.24, 2.45) is 5.73 Å². The van der Waals surface area contributed by atoms with Crippen molar-refractivity contribution >= 4 is 0 Å². The van der Waals surface area contributed by atoms with Crippen LogP contribution < -0.4 is 10.5 Å². The molecule has 2 rings (SSSR count). The number of hydrogen-bond donors (Lipinski definition) is 1. The van der Waals surface area contributed by atoms with Crippen molar-refractivity contribution < 1.29 is 4.74 Å². The number of ether oxygens (including phenoxy) is 1. The predicted octanol–water partition coefficient (Wildman–Crippen LogP) is 3.19. The van der Waals surface area contributed by atoms with Crippen LogP contribution in [0.25, 0.3) is 0 Å². The fourth-order valence-electron chi connectivity index (χ4n) is 1.98. The van der Waals surface area contributed by atoms with Crippen LogP contribution in [0.4, 0.5) is 0 Å². The molecule has 0 radical (unpaired) electrons. The molecular formula is C18H19NO. The summed E-state index contributed by atoms with van der Waals surface area (Å²) in [6.45, 7) is 5.01. The van der Waals surface area contributed by atoms with Crippen LogP contribution in [0.1, 0.15) is 22.3 Å². The molecule has 20 heavy (non-hydrogen) atoms. The van der Waals surface area contributed by atoms with Crippen molar-refractivity contribution in [2.45, 2.75) is 20.5 Å². The van der Waals surface area contributed by atoms with Gasteiger partial charge in [-0.3, -0.25) is 0 Å². The largest absolute Gasteiger partial charge is 0.488 e. The molecule has 0 saturated heterocycles. The van der Waals surface area contributed by atoms with Crippen molar-refractivity contribution in [1.29, 1.82) is 0 Å². The third-order valence-corrected chi connectivity index (χ3v) is 2.94. The maximum Gasteiger partial charge on any atom is 0.135 e. The minimum Gasteiger partial charge on any atom is -0.488 e. The Morgan fingerprint density at radius 3 is 2.60 bits per heavy atom. The average Bonchev–Trinajstić information content (AvgIpc) is 2.44. The van der Waals surface area contributed by atoms with Crippen molar-refractivity contribution in [1.82, 2.24) is 0 Å². The summed E-state index contributed by atoms with van der Waals surface area (Å²) in [5, 5.41) is 0. The lowest BCUT2D eigenvalue weighted by Gasteiger charge is -2.09. The van der Waals surface area contributed by atoms with Gasteiger partial charge in [-0.1, -0.05) is 47.7 Å². The second kappa shape index (κ2) is 6.79. The zero-order valence-electron chi connectivity index (χ0n) is 11.9. The Labute approximate surface area is 120 Å². The Morgan fingerprint density at radius 2 is 1.85 bits per heavy atom. The number of nitrogens with two attached hydrogens (primary N) is 1. The molecule has 2 heteroatoms. The van der Waals surface area contributed by atoms with Crippen molar-refractivity contribution in [3.05, 3.63) is 64.7 Å². The van der Waals surface area contributed by atoms with Crippen LogP contribution in [0.15, 0.2) is 42.5 Å². The lowest BCUT2D eigenvalue weighted by atomic mass is 10.1. The monoisotopic (exact) mass is 265 g/mol. The second-order valence-electron chi connectivity index (χ2n) is 4.78. The zero-order valence-corrected chi connectivity index (χ0v) is 11.9. The van der Waals surface area contributed by atoms with E-state index in [1.807, 2.05) is 31.2 Å². The number of hydrogen-bond acceptors (Lipinski definition) is 2. The smallest absolute Gasteiger partial charge is 0.135 e. The quantitative estimate of drug-likeness (QED) is 0.865.